The molecule has 1 heterocycles. The molecule has 0 spiro atoms. The quantitative estimate of drug-likeness (QED) is 0.619. The van der Waals surface area contributed by atoms with E-state index in [1.807, 2.05) is 0 Å². The van der Waals surface area contributed by atoms with Crippen LogP contribution >= 0.6 is 15.9 Å². The molecule has 0 saturated carbocycles. The Kier molecular flexibility index (Phi) is 4.18. The average molecular weight is 354 g/mol. The summed E-state index contributed by atoms with van der Waals surface area (Å²) >= 11 is 3.31. The molecule has 0 saturated heterocycles. The number of amides is 1. The van der Waals surface area contributed by atoms with Gasteiger partial charge in [0.05, 0.1) is 17.7 Å². The molecule has 6 heteroatoms. The van der Waals surface area contributed by atoms with Gasteiger partial charge in [-0.15, -0.1) is 0 Å². The van der Waals surface area contributed by atoms with Crippen LogP contribution in [0.25, 0.3) is 0 Å². The Bertz CT molecular complexity index is 619. The van der Waals surface area contributed by atoms with Gasteiger partial charge in [0.2, 0.25) is 0 Å². The smallest absolute Gasteiger partial charge is 0.308 e. The molecule has 1 aliphatic heterocycles. The summed E-state index contributed by atoms with van der Waals surface area (Å²) in [6.45, 7) is 5.47. The first-order chi connectivity index (χ1) is 9.69. The van der Waals surface area contributed by atoms with Crippen LogP contribution in [0, 0.1) is 0 Å². The number of halogens is 1. The second-order valence-corrected chi connectivity index (χ2v) is 6.70. The van der Waals surface area contributed by atoms with Crippen LogP contribution in [0.15, 0.2) is 22.7 Å². The Labute approximate surface area is 131 Å². The fourth-order valence-electron chi connectivity index (χ4n) is 2.08. The van der Waals surface area contributed by atoms with Crippen molar-refractivity contribution in [2.45, 2.75) is 32.8 Å². The summed E-state index contributed by atoms with van der Waals surface area (Å²) in [7, 11) is 0. The Morgan fingerprint density at radius 1 is 1.29 bits per heavy atom. The van der Waals surface area contributed by atoms with Gasteiger partial charge in [-0.1, -0.05) is 15.9 Å². The summed E-state index contributed by atoms with van der Waals surface area (Å²) in [5, 5.41) is 0. The molecule has 5 nitrogen and oxygen atoms in total. The maximum Gasteiger partial charge on any atom is 0.308 e. The molecule has 0 aromatic heterocycles. The van der Waals surface area contributed by atoms with Gasteiger partial charge in [0.25, 0.3) is 11.7 Å². The Morgan fingerprint density at radius 2 is 1.95 bits per heavy atom. The Morgan fingerprint density at radius 3 is 2.57 bits per heavy atom. The van der Waals surface area contributed by atoms with Crippen LogP contribution < -0.4 is 4.90 Å². The predicted octanol–water partition coefficient (Wildman–Crippen LogP) is 2.71. The van der Waals surface area contributed by atoms with E-state index in [0.29, 0.717) is 11.3 Å². The minimum atomic E-state index is -0.605. The van der Waals surface area contributed by atoms with Crippen LogP contribution in [0.5, 0.6) is 0 Å². The lowest BCUT2D eigenvalue weighted by Gasteiger charge is -2.21. The number of esters is 1. The van der Waals surface area contributed by atoms with E-state index in [1.165, 1.54) is 4.90 Å². The molecule has 1 aromatic rings. The molecule has 0 radical (unpaired) electrons. The van der Waals surface area contributed by atoms with Crippen molar-refractivity contribution in [2.24, 2.45) is 0 Å². The number of carbonyl (C=O) groups is 3. The van der Waals surface area contributed by atoms with Crippen molar-refractivity contribution in [2.75, 3.05) is 11.4 Å². The zero-order valence-corrected chi connectivity index (χ0v) is 13.7. The fraction of sp³-hybridized carbons (Fsp3) is 0.400. The van der Waals surface area contributed by atoms with Crippen LogP contribution in [0.4, 0.5) is 5.69 Å². The number of Topliss-reactive ketones (excluding diaryl/α,β-unsaturated/α-hetero) is 1. The van der Waals surface area contributed by atoms with E-state index in [1.54, 1.807) is 39.0 Å². The van der Waals surface area contributed by atoms with Crippen LogP contribution in [0.2, 0.25) is 0 Å². The number of fused-ring (bicyclic) bond motifs is 1. The lowest BCUT2D eigenvalue weighted by atomic mass is 10.1. The van der Waals surface area contributed by atoms with E-state index >= 15 is 0 Å². The maximum absolute atomic E-state index is 12.0. The molecule has 1 aliphatic rings. The molecule has 0 fully saturated rings. The van der Waals surface area contributed by atoms with Gasteiger partial charge in [-0.05, 0) is 39.0 Å². The monoisotopic (exact) mass is 353 g/mol. The van der Waals surface area contributed by atoms with E-state index in [9.17, 15) is 14.4 Å². The molecule has 1 aromatic carbocycles. The molecule has 1 amide bonds. The Hall–Kier alpha value is -1.69. The summed E-state index contributed by atoms with van der Waals surface area (Å²) in [4.78, 5) is 36.9. The van der Waals surface area contributed by atoms with Crippen molar-refractivity contribution < 1.29 is 19.1 Å². The van der Waals surface area contributed by atoms with Gasteiger partial charge >= 0.3 is 5.97 Å². The number of ether oxygens (including phenoxy) is 1. The van der Waals surface area contributed by atoms with Crippen molar-refractivity contribution in [3.63, 3.8) is 0 Å². The standard InChI is InChI=1S/C15H16BrNO4/c1-15(2,3)21-12(18)6-7-17-11-8-9(16)4-5-10(11)13(19)14(17)20/h4-5,8H,6-7H2,1-3H3. The van der Waals surface area contributed by atoms with Gasteiger partial charge in [-0.2, -0.15) is 0 Å². The van der Waals surface area contributed by atoms with Crippen molar-refractivity contribution in [3.05, 3.63) is 28.2 Å². The maximum atomic E-state index is 12.0. The van der Waals surface area contributed by atoms with E-state index in [2.05, 4.69) is 15.9 Å². The number of carbonyl (C=O) groups excluding carboxylic acids is 3. The SMILES string of the molecule is CC(C)(C)OC(=O)CCN1C(=O)C(=O)c2ccc(Br)cc21. The summed E-state index contributed by atoms with van der Waals surface area (Å²) in [6.07, 6.45) is 0.0439. The third-order valence-corrected chi connectivity index (χ3v) is 3.39. The van der Waals surface area contributed by atoms with E-state index in [-0.39, 0.29) is 13.0 Å². The zero-order valence-electron chi connectivity index (χ0n) is 12.1. The molecule has 2 rings (SSSR count). The molecule has 0 bridgehead atoms. The molecular weight excluding hydrogens is 338 g/mol. The summed E-state index contributed by atoms with van der Waals surface area (Å²) in [6, 6.07) is 5.02. The first-order valence-electron chi connectivity index (χ1n) is 6.56. The number of hydrogen-bond acceptors (Lipinski definition) is 4. The van der Waals surface area contributed by atoms with Crippen LogP contribution in [-0.4, -0.2) is 29.8 Å². The number of benzene rings is 1. The van der Waals surface area contributed by atoms with Gasteiger partial charge in [0.15, 0.2) is 0 Å². The number of rotatable bonds is 3. The highest BCUT2D eigenvalue weighted by molar-refractivity contribution is 9.10. The average Bonchev–Trinajstić information content (AvgIpc) is 2.57. The molecule has 0 atom stereocenters. The van der Waals surface area contributed by atoms with Crippen LogP contribution in [0.3, 0.4) is 0 Å². The number of nitrogens with zero attached hydrogens (tertiary/aromatic N) is 1. The van der Waals surface area contributed by atoms with Gasteiger partial charge in [0, 0.05) is 11.0 Å². The van der Waals surface area contributed by atoms with Gasteiger partial charge in [-0.25, -0.2) is 0 Å². The molecule has 0 aliphatic carbocycles. The van der Waals surface area contributed by atoms with Gasteiger partial charge in [0.1, 0.15) is 5.60 Å². The highest BCUT2D eigenvalue weighted by atomic mass is 79.9. The second kappa shape index (κ2) is 5.60. The van der Waals surface area contributed by atoms with Crippen molar-refractivity contribution in [1.82, 2.24) is 0 Å². The molecule has 21 heavy (non-hydrogen) atoms. The molecule has 0 N–H and O–H groups in total. The fourth-order valence-corrected chi connectivity index (χ4v) is 2.43. The highest BCUT2D eigenvalue weighted by Gasteiger charge is 2.36. The highest BCUT2D eigenvalue weighted by Crippen LogP contribution is 2.31. The number of ketones is 1. The van der Waals surface area contributed by atoms with Crippen LogP contribution in [-0.2, 0) is 14.3 Å². The minimum Gasteiger partial charge on any atom is -0.460 e. The minimum absolute atomic E-state index is 0.0439. The first-order valence-corrected chi connectivity index (χ1v) is 7.36. The van der Waals surface area contributed by atoms with Gasteiger partial charge < -0.3 is 9.64 Å². The number of anilines is 1. The Balaban J connectivity index is 2.12. The van der Waals surface area contributed by atoms with E-state index in [0.717, 1.165) is 4.47 Å². The summed E-state index contributed by atoms with van der Waals surface area (Å²) < 4.78 is 5.97. The molecule has 112 valence electrons. The summed E-state index contributed by atoms with van der Waals surface area (Å²) in [5.41, 5.74) is 0.332. The lowest BCUT2D eigenvalue weighted by Crippen LogP contribution is -2.33. The second-order valence-electron chi connectivity index (χ2n) is 5.78. The molecule has 0 unspecified atom stereocenters. The predicted molar refractivity (Wildman–Crippen MR) is 81.3 cm³/mol. The largest absolute Gasteiger partial charge is 0.460 e. The van der Waals surface area contributed by atoms with Gasteiger partial charge in [-0.3, -0.25) is 14.4 Å². The van der Waals surface area contributed by atoms with Crippen LogP contribution in [0.1, 0.15) is 37.6 Å². The third-order valence-electron chi connectivity index (χ3n) is 2.89. The zero-order chi connectivity index (χ0) is 15.8. The lowest BCUT2D eigenvalue weighted by molar-refractivity contribution is -0.154. The topological polar surface area (TPSA) is 63.7 Å². The van der Waals surface area contributed by atoms with Crippen molar-refractivity contribution in [1.29, 1.82) is 0 Å². The molecular formula is C15H16BrNO4. The van der Waals surface area contributed by atoms with E-state index < -0.39 is 23.3 Å². The number of hydrogen-bond donors (Lipinski definition) is 0. The van der Waals surface area contributed by atoms with Crippen molar-refractivity contribution >= 4 is 39.3 Å². The van der Waals surface area contributed by atoms with E-state index in [4.69, 9.17) is 4.74 Å². The third kappa shape index (κ3) is 3.50. The first kappa shape index (κ1) is 15.7. The normalized spacial score (nSPS) is 14.4. The summed E-state index contributed by atoms with van der Waals surface area (Å²) in [5.74, 6) is -1.54. The van der Waals surface area contributed by atoms with Crippen molar-refractivity contribution in [3.8, 4) is 0 Å².